The lowest BCUT2D eigenvalue weighted by atomic mass is 9.93. The third-order valence-corrected chi connectivity index (χ3v) is 3.23. The number of halogens is 1. The Morgan fingerprint density at radius 1 is 1.35 bits per heavy atom. The molecule has 0 amide bonds. The van der Waals surface area contributed by atoms with Crippen LogP contribution >= 0.6 is 15.9 Å². The standard InChI is InChI=1S/C14H22BrNO/c1-3-8-16-9-7-14(2,17)11-12-5-4-6-13(15)10-12/h4-6,10,16-17H,3,7-9,11H2,1-2H3. The van der Waals surface area contributed by atoms with E-state index < -0.39 is 5.60 Å². The Morgan fingerprint density at radius 3 is 2.76 bits per heavy atom. The molecule has 0 fully saturated rings. The van der Waals surface area contributed by atoms with Crippen LogP contribution in [0.4, 0.5) is 0 Å². The van der Waals surface area contributed by atoms with E-state index in [-0.39, 0.29) is 0 Å². The Bertz CT molecular complexity index is 339. The van der Waals surface area contributed by atoms with Crippen molar-refractivity contribution in [2.75, 3.05) is 13.1 Å². The fraction of sp³-hybridized carbons (Fsp3) is 0.571. The summed E-state index contributed by atoms with van der Waals surface area (Å²) in [4.78, 5) is 0. The summed E-state index contributed by atoms with van der Waals surface area (Å²) >= 11 is 3.45. The maximum absolute atomic E-state index is 10.3. The lowest BCUT2D eigenvalue weighted by Crippen LogP contribution is -2.32. The van der Waals surface area contributed by atoms with Crippen LogP contribution in [0.2, 0.25) is 0 Å². The quantitative estimate of drug-likeness (QED) is 0.758. The van der Waals surface area contributed by atoms with Crippen molar-refractivity contribution >= 4 is 15.9 Å². The van der Waals surface area contributed by atoms with E-state index in [9.17, 15) is 5.11 Å². The number of rotatable bonds is 7. The average Bonchev–Trinajstić information content (AvgIpc) is 2.24. The van der Waals surface area contributed by atoms with Gasteiger partial charge in [0, 0.05) is 10.9 Å². The zero-order valence-corrected chi connectivity index (χ0v) is 12.3. The summed E-state index contributed by atoms with van der Waals surface area (Å²) in [6, 6.07) is 8.12. The SMILES string of the molecule is CCCNCCC(C)(O)Cc1cccc(Br)c1. The van der Waals surface area contributed by atoms with Crippen molar-refractivity contribution in [1.82, 2.24) is 5.32 Å². The number of nitrogens with one attached hydrogen (secondary N) is 1. The number of aliphatic hydroxyl groups is 1. The highest BCUT2D eigenvalue weighted by Gasteiger charge is 2.20. The molecule has 1 unspecified atom stereocenters. The van der Waals surface area contributed by atoms with Gasteiger partial charge in [-0.3, -0.25) is 0 Å². The third kappa shape index (κ3) is 6.20. The fourth-order valence-corrected chi connectivity index (χ4v) is 2.28. The zero-order chi connectivity index (χ0) is 12.7. The normalized spacial score (nSPS) is 14.6. The van der Waals surface area contributed by atoms with E-state index in [1.54, 1.807) is 0 Å². The molecule has 96 valence electrons. The second kappa shape index (κ2) is 7.14. The van der Waals surface area contributed by atoms with E-state index in [2.05, 4.69) is 40.3 Å². The van der Waals surface area contributed by atoms with Crippen LogP contribution in [-0.4, -0.2) is 23.8 Å². The van der Waals surface area contributed by atoms with Crippen LogP contribution in [0, 0.1) is 0 Å². The van der Waals surface area contributed by atoms with Gasteiger partial charge in [-0.25, -0.2) is 0 Å². The minimum Gasteiger partial charge on any atom is -0.390 e. The Labute approximate surface area is 113 Å². The molecular weight excluding hydrogens is 278 g/mol. The molecule has 0 heterocycles. The summed E-state index contributed by atoms with van der Waals surface area (Å²) in [5.41, 5.74) is 0.529. The van der Waals surface area contributed by atoms with Crippen LogP contribution in [-0.2, 0) is 6.42 Å². The van der Waals surface area contributed by atoms with Crippen molar-refractivity contribution in [3.05, 3.63) is 34.3 Å². The lowest BCUT2D eigenvalue weighted by Gasteiger charge is -2.23. The molecule has 0 spiro atoms. The van der Waals surface area contributed by atoms with Gasteiger partial charge in [0.05, 0.1) is 5.60 Å². The van der Waals surface area contributed by atoms with E-state index in [0.717, 1.165) is 30.4 Å². The topological polar surface area (TPSA) is 32.3 Å². The van der Waals surface area contributed by atoms with Crippen LogP contribution in [0.25, 0.3) is 0 Å². The van der Waals surface area contributed by atoms with Crippen molar-refractivity contribution in [2.45, 2.75) is 38.7 Å². The van der Waals surface area contributed by atoms with Gasteiger partial charge >= 0.3 is 0 Å². The lowest BCUT2D eigenvalue weighted by molar-refractivity contribution is 0.0516. The van der Waals surface area contributed by atoms with Gasteiger partial charge in [-0.15, -0.1) is 0 Å². The van der Waals surface area contributed by atoms with Gasteiger partial charge in [0.25, 0.3) is 0 Å². The van der Waals surface area contributed by atoms with Gasteiger partial charge in [0.15, 0.2) is 0 Å². The van der Waals surface area contributed by atoms with Crippen molar-refractivity contribution in [2.24, 2.45) is 0 Å². The Balaban J connectivity index is 2.42. The van der Waals surface area contributed by atoms with Gasteiger partial charge in [0.1, 0.15) is 0 Å². The molecule has 2 N–H and O–H groups in total. The van der Waals surface area contributed by atoms with Crippen LogP contribution in [0.5, 0.6) is 0 Å². The van der Waals surface area contributed by atoms with E-state index >= 15 is 0 Å². The van der Waals surface area contributed by atoms with Gasteiger partial charge in [-0.2, -0.15) is 0 Å². The molecule has 1 rings (SSSR count). The summed E-state index contributed by atoms with van der Waals surface area (Å²) in [6.45, 7) is 5.94. The van der Waals surface area contributed by atoms with Crippen LogP contribution in [0.15, 0.2) is 28.7 Å². The van der Waals surface area contributed by atoms with Crippen molar-refractivity contribution in [3.8, 4) is 0 Å². The first-order valence-electron chi connectivity index (χ1n) is 6.21. The molecule has 2 nitrogen and oxygen atoms in total. The van der Waals surface area contributed by atoms with E-state index in [1.165, 1.54) is 5.56 Å². The first-order valence-corrected chi connectivity index (χ1v) is 7.00. The summed E-state index contributed by atoms with van der Waals surface area (Å²) in [6.07, 6.45) is 2.60. The minimum atomic E-state index is -0.637. The zero-order valence-electron chi connectivity index (χ0n) is 10.7. The highest BCUT2D eigenvalue weighted by Crippen LogP contribution is 2.19. The molecular formula is C14H22BrNO. The second-order valence-electron chi connectivity index (χ2n) is 4.80. The molecule has 0 aliphatic carbocycles. The van der Waals surface area contributed by atoms with Crippen LogP contribution < -0.4 is 5.32 Å². The molecule has 0 bridgehead atoms. The van der Waals surface area contributed by atoms with E-state index in [1.807, 2.05) is 19.1 Å². The Hall–Kier alpha value is -0.380. The van der Waals surface area contributed by atoms with Gasteiger partial charge in [0.2, 0.25) is 0 Å². The van der Waals surface area contributed by atoms with Crippen LogP contribution in [0.1, 0.15) is 32.3 Å². The molecule has 0 saturated carbocycles. The number of hydrogen-bond acceptors (Lipinski definition) is 2. The summed E-state index contributed by atoms with van der Waals surface area (Å²) in [5, 5.41) is 13.6. The van der Waals surface area contributed by atoms with Crippen LogP contribution in [0.3, 0.4) is 0 Å². The minimum absolute atomic E-state index is 0.637. The van der Waals surface area contributed by atoms with Crippen molar-refractivity contribution in [3.63, 3.8) is 0 Å². The summed E-state index contributed by atoms with van der Waals surface area (Å²) in [7, 11) is 0. The van der Waals surface area contributed by atoms with Gasteiger partial charge < -0.3 is 10.4 Å². The number of benzene rings is 1. The van der Waals surface area contributed by atoms with Crippen molar-refractivity contribution < 1.29 is 5.11 Å². The predicted molar refractivity (Wildman–Crippen MR) is 76.2 cm³/mol. The molecule has 1 atom stereocenters. The second-order valence-corrected chi connectivity index (χ2v) is 5.72. The van der Waals surface area contributed by atoms with Gasteiger partial charge in [-0.1, -0.05) is 35.0 Å². The van der Waals surface area contributed by atoms with Gasteiger partial charge in [-0.05, 0) is 50.6 Å². The molecule has 1 aromatic rings. The largest absolute Gasteiger partial charge is 0.390 e. The van der Waals surface area contributed by atoms with E-state index in [4.69, 9.17) is 0 Å². The molecule has 0 aromatic heterocycles. The molecule has 0 aliphatic rings. The predicted octanol–water partition coefficient (Wildman–Crippen LogP) is 3.13. The Morgan fingerprint density at radius 2 is 2.12 bits per heavy atom. The average molecular weight is 300 g/mol. The maximum Gasteiger partial charge on any atom is 0.0672 e. The first kappa shape index (κ1) is 14.7. The first-order chi connectivity index (χ1) is 8.03. The monoisotopic (exact) mass is 299 g/mol. The summed E-state index contributed by atoms with van der Waals surface area (Å²) in [5.74, 6) is 0. The van der Waals surface area contributed by atoms with Crippen molar-refractivity contribution in [1.29, 1.82) is 0 Å². The molecule has 17 heavy (non-hydrogen) atoms. The van der Waals surface area contributed by atoms with E-state index in [0.29, 0.717) is 6.42 Å². The Kier molecular flexibility index (Phi) is 6.17. The maximum atomic E-state index is 10.3. The molecule has 3 heteroatoms. The summed E-state index contributed by atoms with van der Waals surface area (Å²) < 4.78 is 1.06. The molecule has 0 aliphatic heterocycles. The molecule has 0 radical (unpaired) electrons. The fourth-order valence-electron chi connectivity index (χ4n) is 1.83. The smallest absolute Gasteiger partial charge is 0.0672 e. The molecule has 1 aromatic carbocycles. The number of hydrogen-bond donors (Lipinski definition) is 2. The third-order valence-electron chi connectivity index (χ3n) is 2.74. The highest BCUT2D eigenvalue weighted by molar-refractivity contribution is 9.10. The molecule has 0 saturated heterocycles. The highest BCUT2D eigenvalue weighted by atomic mass is 79.9.